The van der Waals surface area contributed by atoms with Gasteiger partial charge < -0.3 is 9.80 Å². The third-order valence-corrected chi connectivity index (χ3v) is 19.3. The standard InChI is InChI=1S/C66H77BN2/c1-40-24-26-61(3,4)48-22-20-44(34-46(40)48)68-56-38-52-50(63(7,8)28-30-65(52,11)12)36-54(56)67-55-37-51-53(66(13,14)31-29-64(51,9)10)39-57(55)69(45-21-23-49-47(35-45)41(2)25-27-62(49,5)6)59-33-43(32-58(68)60(59)67)42-18-16-15-17-19-42/h15-23,32-41H,24-31H2,1-14H3/i15D,16D,17D,18D,19D. The molecule has 4 aliphatic carbocycles. The van der Waals surface area contributed by atoms with Crippen molar-refractivity contribution in [3.63, 3.8) is 0 Å². The molecule has 0 spiro atoms. The maximum absolute atomic E-state index is 9.56. The lowest BCUT2D eigenvalue weighted by atomic mass is 9.32. The zero-order chi connectivity index (χ0) is 52.9. The molecule has 12 rings (SSSR count). The van der Waals surface area contributed by atoms with E-state index in [4.69, 9.17) is 4.11 Å². The molecule has 0 radical (unpaired) electrons. The van der Waals surface area contributed by atoms with E-state index < -0.39 is 0 Å². The van der Waals surface area contributed by atoms with Gasteiger partial charge in [-0.3, -0.25) is 0 Å². The van der Waals surface area contributed by atoms with Gasteiger partial charge in [-0.25, -0.2) is 0 Å². The molecule has 0 saturated heterocycles. The van der Waals surface area contributed by atoms with E-state index in [1.165, 1.54) is 72.3 Å². The first-order valence-electron chi connectivity index (χ1n) is 29.1. The van der Waals surface area contributed by atoms with Gasteiger partial charge >= 0.3 is 0 Å². The normalized spacial score (nSPS) is 24.4. The van der Waals surface area contributed by atoms with Gasteiger partial charge in [0.05, 0.1) is 6.85 Å². The van der Waals surface area contributed by atoms with Gasteiger partial charge in [-0.1, -0.05) is 151 Å². The fraction of sp³-hybridized carbons (Fsp3) is 0.455. The Morgan fingerprint density at radius 2 is 0.797 bits per heavy atom. The maximum atomic E-state index is 9.56. The Morgan fingerprint density at radius 3 is 1.20 bits per heavy atom. The van der Waals surface area contributed by atoms with Crippen molar-refractivity contribution in [1.29, 1.82) is 0 Å². The summed E-state index contributed by atoms with van der Waals surface area (Å²) < 4.78 is 45.9. The predicted octanol–water partition coefficient (Wildman–Crippen LogP) is 16.5. The molecule has 0 amide bonds. The van der Waals surface area contributed by atoms with Crippen molar-refractivity contribution in [2.45, 2.75) is 193 Å². The fourth-order valence-electron chi connectivity index (χ4n) is 14.4. The molecule has 0 fully saturated rings. The van der Waals surface area contributed by atoms with Crippen LogP contribution in [0.2, 0.25) is 0 Å². The van der Waals surface area contributed by atoms with Crippen LogP contribution in [0, 0.1) is 0 Å². The first-order valence-corrected chi connectivity index (χ1v) is 26.6. The Balaban J connectivity index is 1.27. The Labute approximate surface area is 423 Å². The topological polar surface area (TPSA) is 6.48 Å². The minimum absolute atomic E-state index is 0.0372. The van der Waals surface area contributed by atoms with Crippen LogP contribution in [0.5, 0.6) is 0 Å². The third-order valence-electron chi connectivity index (χ3n) is 19.3. The number of hydrogen-bond acceptors (Lipinski definition) is 2. The highest BCUT2D eigenvalue weighted by molar-refractivity contribution is 7.00. The van der Waals surface area contributed by atoms with E-state index in [-0.39, 0.29) is 75.0 Å². The number of rotatable bonds is 3. The van der Waals surface area contributed by atoms with Crippen molar-refractivity contribution in [2.75, 3.05) is 9.80 Å². The Hall–Kier alpha value is -5.02. The second-order valence-corrected chi connectivity index (χ2v) is 26.7. The lowest BCUT2D eigenvalue weighted by molar-refractivity contribution is 0.332. The van der Waals surface area contributed by atoms with Crippen molar-refractivity contribution < 1.29 is 6.85 Å². The molecule has 354 valence electrons. The highest BCUT2D eigenvalue weighted by atomic mass is 15.2. The van der Waals surface area contributed by atoms with Crippen LogP contribution in [0.4, 0.5) is 34.1 Å². The molecule has 2 aliphatic heterocycles. The highest BCUT2D eigenvalue weighted by Gasteiger charge is 2.49. The molecule has 0 N–H and O–H groups in total. The maximum Gasteiger partial charge on any atom is 0.252 e. The van der Waals surface area contributed by atoms with Gasteiger partial charge in [-0.05, 0) is 216 Å². The van der Waals surface area contributed by atoms with E-state index in [9.17, 15) is 2.74 Å². The van der Waals surface area contributed by atoms with Crippen LogP contribution in [0.1, 0.15) is 211 Å². The van der Waals surface area contributed by atoms with E-state index in [0.717, 1.165) is 74.1 Å². The smallest absolute Gasteiger partial charge is 0.252 e. The van der Waals surface area contributed by atoms with Gasteiger partial charge in [0, 0.05) is 34.1 Å². The highest BCUT2D eigenvalue weighted by Crippen LogP contribution is 2.55. The summed E-state index contributed by atoms with van der Waals surface area (Å²) in [7, 11) is 0. The molecule has 69 heavy (non-hydrogen) atoms. The molecular weight excluding hydrogens is 832 g/mol. The van der Waals surface area contributed by atoms with Crippen LogP contribution < -0.4 is 26.2 Å². The van der Waals surface area contributed by atoms with Crippen LogP contribution in [-0.4, -0.2) is 6.71 Å². The third kappa shape index (κ3) is 6.70. The summed E-state index contributed by atoms with van der Waals surface area (Å²) in [5.41, 5.74) is 22.4. The van der Waals surface area contributed by atoms with Gasteiger partial charge in [0.2, 0.25) is 0 Å². The van der Waals surface area contributed by atoms with Crippen molar-refractivity contribution in [2.24, 2.45) is 0 Å². The summed E-state index contributed by atoms with van der Waals surface area (Å²) in [5.74, 6) is 0.782. The van der Waals surface area contributed by atoms with Crippen molar-refractivity contribution in [3.05, 3.63) is 148 Å². The summed E-state index contributed by atoms with van der Waals surface area (Å²) in [6, 6.07) is 27.8. The average Bonchev–Trinajstić information content (AvgIpc) is 3.34. The zero-order valence-corrected chi connectivity index (χ0v) is 44.2. The number of benzene rings is 6. The van der Waals surface area contributed by atoms with Crippen LogP contribution in [0.15, 0.2) is 103 Å². The second-order valence-electron chi connectivity index (χ2n) is 26.7. The molecule has 2 heterocycles. The molecular formula is C66H77BN2. The molecule has 2 atom stereocenters. The van der Waals surface area contributed by atoms with Gasteiger partial charge in [0.25, 0.3) is 6.71 Å². The Kier molecular flexibility index (Phi) is 8.50. The summed E-state index contributed by atoms with van der Waals surface area (Å²) >= 11 is 0. The first-order chi connectivity index (χ1) is 34.5. The minimum Gasteiger partial charge on any atom is -0.311 e. The minimum atomic E-state index is -0.378. The van der Waals surface area contributed by atoms with Crippen molar-refractivity contribution >= 4 is 57.2 Å². The molecule has 6 aromatic rings. The van der Waals surface area contributed by atoms with Crippen LogP contribution in [0.3, 0.4) is 0 Å². The summed E-state index contributed by atoms with van der Waals surface area (Å²) in [6.45, 7) is 33.7. The SMILES string of the molecule is [2H]c1c([2H])c([2H])c(-c2cc3c4c(c2)N(c2ccc5c(c2)C(C)CCC5(C)C)c2cc5c(cc2B4c2cc4c(cc2N3c2ccc3c(c2)C(C)CCC3(C)C)C(C)(C)CCC4(C)C)C(C)(C)CCC5(C)C)c([2H])c1[2H]. The Morgan fingerprint density at radius 1 is 0.420 bits per heavy atom. The quantitative estimate of drug-likeness (QED) is 0.163. The molecule has 0 bridgehead atoms. The molecule has 3 heteroatoms. The number of fused-ring (bicyclic) bond motifs is 8. The van der Waals surface area contributed by atoms with Gasteiger partial charge in [0.1, 0.15) is 0 Å². The van der Waals surface area contributed by atoms with E-state index in [2.05, 4.69) is 180 Å². The molecule has 6 aliphatic rings. The van der Waals surface area contributed by atoms with Gasteiger partial charge in [-0.15, -0.1) is 0 Å². The van der Waals surface area contributed by atoms with Gasteiger partial charge in [0.15, 0.2) is 0 Å². The molecule has 2 nitrogen and oxygen atoms in total. The van der Waals surface area contributed by atoms with E-state index in [1.807, 2.05) is 0 Å². The van der Waals surface area contributed by atoms with Gasteiger partial charge in [-0.2, -0.15) is 0 Å². The average molecular weight is 914 g/mol. The molecule has 0 saturated carbocycles. The van der Waals surface area contributed by atoms with E-state index in [0.29, 0.717) is 17.4 Å². The van der Waals surface area contributed by atoms with Crippen LogP contribution >= 0.6 is 0 Å². The lowest BCUT2D eigenvalue weighted by Gasteiger charge is -2.49. The summed E-state index contributed by atoms with van der Waals surface area (Å²) in [5, 5.41) is 0. The fourth-order valence-corrected chi connectivity index (χ4v) is 14.4. The molecule has 2 unspecified atom stereocenters. The van der Waals surface area contributed by atoms with Crippen LogP contribution in [-0.2, 0) is 32.5 Å². The predicted molar refractivity (Wildman–Crippen MR) is 298 cm³/mol. The van der Waals surface area contributed by atoms with Crippen molar-refractivity contribution in [1.82, 2.24) is 0 Å². The number of anilines is 6. The second kappa shape index (κ2) is 14.8. The first kappa shape index (κ1) is 39.7. The summed E-state index contributed by atoms with van der Waals surface area (Å²) in [4.78, 5) is 5.06. The zero-order valence-electron chi connectivity index (χ0n) is 49.2. The molecule has 6 aromatic carbocycles. The van der Waals surface area contributed by atoms with E-state index >= 15 is 0 Å². The lowest BCUT2D eigenvalue weighted by Crippen LogP contribution is -2.62. The Bertz CT molecular complexity index is 3220. The number of nitrogens with zero attached hydrogens (tertiary/aromatic N) is 2. The van der Waals surface area contributed by atoms with Crippen molar-refractivity contribution in [3.8, 4) is 11.1 Å². The van der Waals surface area contributed by atoms with Crippen LogP contribution in [0.25, 0.3) is 11.1 Å². The van der Waals surface area contributed by atoms with E-state index in [1.54, 1.807) is 0 Å². The molecule has 0 aromatic heterocycles. The largest absolute Gasteiger partial charge is 0.311 e. The summed E-state index contributed by atoms with van der Waals surface area (Å²) in [6.07, 6.45) is 8.93. The monoisotopic (exact) mass is 914 g/mol. The number of hydrogen-bond donors (Lipinski definition) is 0.